The number of carbonyl (C=O) groups is 1. The van der Waals surface area contributed by atoms with E-state index in [9.17, 15) is 4.79 Å². The lowest BCUT2D eigenvalue weighted by atomic mass is 10.1. The quantitative estimate of drug-likeness (QED) is 0.762. The lowest BCUT2D eigenvalue weighted by molar-refractivity contribution is 0.0952. The van der Waals surface area contributed by atoms with E-state index in [4.69, 9.17) is 5.26 Å². The van der Waals surface area contributed by atoms with Crippen LogP contribution >= 0.6 is 0 Å². The van der Waals surface area contributed by atoms with Crippen molar-refractivity contribution in [2.75, 3.05) is 26.2 Å². The van der Waals surface area contributed by atoms with E-state index in [1.807, 2.05) is 6.07 Å². The predicted molar refractivity (Wildman–Crippen MR) is 75.9 cm³/mol. The SMILES string of the molecule is CCN(CC)CCCNC(=O)c1ccc(C#N)cc1. The number of benzene rings is 1. The molecule has 102 valence electrons. The van der Waals surface area contributed by atoms with Crippen LogP contribution in [0.2, 0.25) is 0 Å². The Morgan fingerprint density at radius 3 is 2.42 bits per heavy atom. The number of carbonyl (C=O) groups excluding carboxylic acids is 1. The number of amides is 1. The maximum absolute atomic E-state index is 11.8. The largest absolute Gasteiger partial charge is 0.352 e. The summed E-state index contributed by atoms with van der Waals surface area (Å²) >= 11 is 0. The molecule has 0 aromatic heterocycles. The van der Waals surface area contributed by atoms with Gasteiger partial charge in [-0.25, -0.2) is 0 Å². The number of hydrogen-bond donors (Lipinski definition) is 1. The molecule has 0 radical (unpaired) electrons. The highest BCUT2D eigenvalue weighted by atomic mass is 16.1. The Bertz CT molecular complexity index is 430. The lowest BCUT2D eigenvalue weighted by Gasteiger charge is -2.17. The number of hydrogen-bond acceptors (Lipinski definition) is 3. The first-order valence-corrected chi connectivity index (χ1v) is 6.72. The van der Waals surface area contributed by atoms with Crippen molar-refractivity contribution >= 4 is 5.91 Å². The van der Waals surface area contributed by atoms with Gasteiger partial charge in [0.25, 0.3) is 5.91 Å². The monoisotopic (exact) mass is 259 g/mol. The summed E-state index contributed by atoms with van der Waals surface area (Å²) in [6.45, 7) is 8.04. The van der Waals surface area contributed by atoms with Crippen molar-refractivity contribution in [3.63, 3.8) is 0 Å². The highest BCUT2D eigenvalue weighted by Gasteiger charge is 2.05. The minimum Gasteiger partial charge on any atom is -0.352 e. The van der Waals surface area contributed by atoms with E-state index in [1.165, 1.54) is 0 Å². The molecule has 0 bridgehead atoms. The first-order chi connectivity index (χ1) is 9.21. The maximum Gasteiger partial charge on any atom is 0.251 e. The molecule has 4 heteroatoms. The molecule has 0 aliphatic heterocycles. The van der Waals surface area contributed by atoms with Gasteiger partial charge in [0.1, 0.15) is 0 Å². The Labute approximate surface area is 115 Å². The van der Waals surface area contributed by atoms with E-state index in [-0.39, 0.29) is 5.91 Å². The third kappa shape index (κ3) is 5.11. The molecule has 0 heterocycles. The first kappa shape index (κ1) is 15.2. The molecule has 0 spiro atoms. The summed E-state index contributed by atoms with van der Waals surface area (Å²) in [5, 5.41) is 11.6. The Hall–Kier alpha value is -1.86. The van der Waals surface area contributed by atoms with Crippen molar-refractivity contribution in [1.29, 1.82) is 5.26 Å². The minimum absolute atomic E-state index is 0.0796. The summed E-state index contributed by atoms with van der Waals surface area (Å²) in [6.07, 6.45) is 0.948. The van der Waals surface area contributed by atoms with Crippen LogP contribution in [0, 0.1) is 11.3 Å². The zero-order valence-corrected chi connectivity index (χ0v) is 11.6. The molecule has 0 atom stereocenters. The molecule has 0 aliphatic carbocycles. The van der Waals surface area contributed by atoms with Gasteiger partial charge < -0.3 is 10.2 Å². The van der Waals surface area contributed by atoms with Gasteiger partial charge in [-0.3, -0.25) is 4.79 Å². The van der Waals surface area contributed by atoms with Crippen LogP contribution in [0.15, 0.2) is 24.3 Å². The van der Waals surface area contributed by atoms with Crippen molar-refractivity contribution in [3.05, 3.63) is 35.4 Å². The van der Waals surface area contributed by atoms with Gasteiger partial charge in [-0.15, -0.1) is 0 Å². The molecule has 0 saturated heterocycles. The molecule has 1 N–H and O–H groups in total. The fraction of sp³-hybridized carbons (Fsp3) is 0.467. The van der Waals surface area contributed by atoms with Gasteiger partial charge in [-0.2, -0.15) is 5.26 Å². The van der Waals surface area contributed by atoms with Crippen molar-refractivity contribution < 1.29 is 4.79 Å². The molecular weight excluding hydrogens is 238 g/mol. The molecule has 1 rings (SSSR count). The summed E-state index contributed by atoms with van der Waals surface area (Å²) in [4.78, 5) is 14.1. The smallest absolute Gasteiger partial charge is 0.251 e. The number of nitriles is 1. The first-order valence-electron chi connectivity index (χ1n) is 6.72. The second-order valence-electron chi connectivity index (χ2n) is 4.33. The molecule has 19 heavy (non-hydrogen) atoms. The standard InChI is InChI=1S/C15H21N3O/c1-3-18(4-2)11-5-10-17-15(19)14-8-6-13(12-16)7-9-14/h6-9H,3-5,10-11H2,1-2H3,(H,17,19). The summed E-state index contributed by atoms with van der Waals surface area (Å²) < 4.78 is 0. The summed E-state index contributed by atoms with van der Waals surface area (Å²) in [6, 6.07) is 8.71. The number of nitrogens with zero attached hydrogens (tertiary/aromatic N) is 2. The molecule has 1 amide bonds. The van der Waals surface area contributed by atoms with Crippen LogP contribution in [0.3, 0.4) is 0 Å². The van der Waals surface area contributed by atoms with Crippen LogP contribution in [0.1, 0.15) is 36.2 Å². The highest BCUT2D eigenvalue weighted by Crippen LogP contribution is 2.03. The van der Waals surface area contributed by atoms with Crippen LogP contribution in [0.4, 0.5) is 0 Å². The Balaban J connectivity index is 2.33. The average molecular weight is 259 g/mol. The third-order valence-electron chi connectivity index (χ3n) is 3.11. The van der Waals surface area contributed by atoms with E-state index >= 15 is 0 Å². The number of rotatable bonds is 7. The van der Waals surface area contributed by atoms with E-state index in [1.54, 1.807) is 24.3 Å². The summed E-state index contributed by atoms with van der Waals surface area (Å²) in [5.41, 5.74) is 1.17. The Morgan fingerprint density at radius 2 is 1.89 bits per heavy atom. The molecular formula is C15H21N3O. The van der Waals surface area contributed by atoms with Crippen LogP contribution in [-0.2, 0) is 0 Å². The second-order valence-corrected chi connectivity index (χ2v) is 4.33. The zero-order chi connectivity index (χ0) is 14.1. The summed E-state index contributed by atoms with van der Waals surface area (Å²) in [5.74, 6) is -0.0796. The van der Waals surface area contributed by atoms with Gasteiger partial charge >= 0.3 is 0 Å². The van der Waals surface area contributed by atoms with E-state index < -0.39 is 0 Å². The van der Waals surface area contributed by atoms with Crippen LogP contribution in [-0.4, -0.2) is 37.0 Å². The van der Waals surface area contributed by atoms with Crippen molar-refractivity contribution in [3.8, 4) is 6.07 Å². The van der Waals surface area contributed by atoms with Crippen molar-refractivity contribution in [2.45, 2.75) is 20.3 Å². The molecule has 4 nitrogen and oxygen atoms in total. The normalized spacial score (nSPS) is 10.2. The topological polar surface area (TPSA) is 56.1 Å². The van der Waals surface area contributed by atoms with Crippen LogP contribution in [0.25, 0.3) is 0 Å². The Kier molecular flexibility index (Phi) is 6.62. The molecule has 0 unspecified atom stereocenters. The molecule has 0 saturated carbocycles. The molecule has 1 aromatic rings. The van der Waals surface area contributed by atoms with Gasteiger partial charge in [0.15, 0.2) is 0 Å². The van der Waals surface area contributed by atoms with Crippen molar-refractivity contribution in [2.24, 2.45) is 0 Å². The van der Waals surface area contributed by atoms with E-state index in [2.05, 4.69) is 24.1 Å². The molecule has 0 fully saturated rings. The predicted octanol–water partition coefficient (Wildman–Crippen LogP) is 2.02. The zero-order valence-electron chi connectivity index (χ0n) is 11.6. The molecule has 1 aromatic carbocycles. The minimum atomic E-state index is -0.0796. The van der Waals surface area contributed by atoms with E-state index in [0.29, 0.717) is 17.7 Å². The van der Waals surface area contributed by atoms with Gasteiger partial charge in [0.05, 0.1) is 11.6 Å². The highest BCUT2D eigenvalue weighted by molar-refractivity contribution is 5.94. The third-order valence-corrected chi connectivity index (χ3v) is 3.11. The van der Waals surface area contributed by atoms with Gasteiger partial charge in [0, 0.05) is 12.1 Å². The van der Waals surface area contributed by atoms with Crippen LogP contribution in [0.5, 0.6) is 0 Å². The van der Waals surface area contributed by atoms with Crippen molar-refractivity contribution in [1.82, 2.24) is 10.2 Å². The average Bonchev–Trinajstić information content (AvgIpc) is 2.47. The lowest BCUT2D eigenvalue weighted by Crippen LogP contribution is -2.29. The molecule has 0 aliphatic rings. The van der Waals surface area contributed by atoms with E-state index in [0.717, 1.165) is 26.1 Å². The van der Waals surface area contributed by atoms with Gasteiger partial charge in [-0.1, -0.05) is 13.8 Å². The maximum atomic E-state index is 11.8. The fourth-order valence-corrected chi connectivity index (χ4v) is 1.84. The fourth-order valence-electron chi connectivity index (χ4n) is 1.84. The van der Waals surface area contributed by atoms with Gasteiger partial charge in [-0.05, 0) is 50.3 Å². The number of nitrogens with one attached hydrogen (secondary N) is 1. The van der Waals surface area contributed by atoms with Crippen LogP contribution < -0.4 is 5.32 Å². The Morgan fingerprint density at radius 1 is 1.26 bits per heavy atom. The summed E-state index contributed by atoms with van der Waals surface area (Å²) in [7, 11) is 0. The van der Waals surface area contributed by atoms with Gasteiger partial charge in [0.2, 0.25) is 0 Å². The second kappa shape index (κ2) is 8.28.